The molecule has 1 fully saturated rings. The number of hydrogen-bond acceptors (Lipinski definition) is 4. The van der Waals surface area contributed by atoms with Crippen molar-refractivity contribution in [3.8, 4) is 5.75 Å². The molecule has 1 atom stereocenters. The molecule has 3 heterocycles. The fourth-order valence-electron chi connectivity index (χ4n) is 5.06. The van der Waals surface area contributed by atoms with E-state index in [1.165, 1.54) is 0 Å². The Hall–Kier alpha value is -2.80. The first-order chi connectivity index (χ1) is 15.8. The van der Waals surface area contributed by atoms with Gasteiger partial charge in [-0.25, -0.2) is 0 Å². The summed E-state index contributed by atoms with van der Waals surface area (Å²) in [4.78, 5) is 29.2. The molecule has 3 aromatic rings. The maximum atomic E-state index is 13.8. The van der Waals surface area contributed by atoms with Crippen LogP contribution in [0, 0.1) is 0 Å². The zero-order chi connectivity index (χ0) is 23.2. The van der Waals surface area contributed by atoms with E-state index in [9.17, 15) is 9.59 Å². The van der Waals surface area contributed by atoms with Crippen molar-refractivity contribution in [2.24, 2.45) is 0 Å². The monoisotopic (exact) mass is 465 g/mol. The Morgan fingerprint density at radius 3 is 2.64 bits per heavy atom. The highest BCUT2D eigenvalue weighted by Gasteiger charge is 2.48. The zero-order valence-corrected chi connectivity index (χ0v) is 20.3. The van der Waals surface area contributed by atoms with Crippen LogP contribution in [0.4, 0.5) is 0 Å². The minimum atomic E-state index is -0.979. The van der Waals surface area contributed by atoms with Gasteiger partial charge in [-0.05, 0) is 68.8 Å². The summed E-state index contributed by atoms with van der Waals surface area (Å²) in [5.41, 5.74) is 1.68. The van der Waals surface area contributed by atoms with Crippen LogP contribution in [0.1, 0.15) is 62.5 Å². The summed E-state index contributed by atoms with van der Waals surface area (Å²) in [5.74, 6) is 0.635. The molecule has 0 saturated heterocycles. The molecule has 0 bridgehead atoms. The minimum absolute atomic E-state index is 0.0646. The average Bonchev–Trinajstić information content (AvgIpc) is 3.51. The summed E-state index contributed by atoms with van der Waals surface area (Å²) < 4.78 is 8.86. The molecule has 0 spiro atoms. The van der Waals surface area contributed by atoms with Gasteiger partial charge in [0.1, 0.15) is 17.0 Å². The summed E-state index contributed by atoms with van der Waals surface area (Å²) in [6, 6.07) is 12.0. The van der Waals surface area contributed by atoms with Gasteiger partial charge in [0, 0.05) is 12.6 Å². The Labute approximate surface area is 198 Å². The summed E-state index contributed by atoms with van der Waals surface area (Å²) >= 11 is 1.62. The molecule has 1 aliphatic carbocycles. The number of ether oxygens (including phenoxy) is 1. The second kappa shape index (κ2) is 8.52. The van der Waals surface area contributed by atoms with E-state index in [-0.39, 0.29) is 24.0 Å². The standard InChI is InChI=1S/C26H31N3O3S/c1-17(2)32-20-10-8-18(9-11-20)15-29-24(30)22-14-23-21(12-13-33-23)28(22)16-26(29,3)25(31)27-19-6-4-5-7-19/h8-14,17,19H,4-7,15-16H2,1-3H3,(H,27,31)/t26-/m1/s1. The predicted molar refractivity (Wildman–Crippen MR) is 131 cm³/mol. The smallest absolute Gasteiger partial charge is 0.271 e. The molecule has 0 radical (unpaired) electrons. The number of aromatic nitrogens is 1. The molecule has 6 nitrogen and oxygen atoms in total. The number of amides is 2. The van der Waals surface area contributed by atoms with Crippen molar-refractivity contribution >= 4 is 33.4 Å². The largest absolute Gasteiger partial charge is 0.491 e. The van der Waals surface area contributed by atoms with Gasteiger partial charge in [-0.1, -0.05) is 25.0 Å². The third-order valence-electron chi connectivity index (χ3n) is 6.86. The number of nitrogens with one attached hydrogen (secondary N) is 1. The summed E-state index contributed by atoms with van der Waals surface area (Å²) in [7, 11) is 0. The fraction of sp³-hybridized carbons (Fsp3) is 0.462. The van der Waals surface area contributed by atoms with E-state index in [0.717, 1.165) is 47.2 Å². The first kappa shape index (κ1) is 22.0. The third-order valence-corrected chi connectivity index (χ3v) is 7.72. The zero-order valence-electron chi connectivity index (χ0n) is 19.5. The normalized spacial score (nSPS) is 21.1. The average molecular weight is 466 g/mol. The van der Waals surface area contributed by atoms with Crippen LogP contribution in [-0.4, -0.2) is 39.0 Å². The first-order valence-corrected chi connectivity index (χ1v) is 12.7. The molecular formula is C26H31N3O3S. The van der Waals surface area contributed by atoms with E-state index in [0.29, 0.717) is 18.8 Å². The highest BCUT2D eigenvalue weighted by molar-refractivity contribution is 7.17. The predicted octanol–water partition coefficient (Wildman–Crippen LogP) is 4.96. The molecule has 1 saturated carbocycles. The number of hydrogen-bond donors (Lipinski definition) is 1. The minimum Gasteiger partial charge on any atom is -0.491 e. The SMILES string of the molecule is CC(C)Oc1ccc(CN2C(=O)c3cc4sccc4n3C[C@]2(C)C(=O)NC2CCCC2)cc1. The summed E-state index contributed by atoms with van der Waals surface area (Å²) in [6.45, 7) is 6.71. The lowest BCUT2D eigenvalue weighted by Crippen LogP contribution is -2.64. The Bertz CT molecular complexity index is 1170. The Balaban J connectivity index is 1.48. The number of nitrogens with zero attached hydrogens (tertiary/aromatic N) is 2. The van der Waals surface area contributed by atoms with Crippen LogP contribution in [0.5, 0.6) is 5.75 Å². The Morgan fingerprint density at radius 2 is 1.94 bits per heavy atom. The molecule has 2 aliphatic rings. The lowest BCUT2D eigenvalue weighted by molar-refractivity contribution is -0.133. The third kappa shape index (κ3) is 4.03. The van der Waals surface area contributed by atoms with Crippen LogP contribution in [0.2, 0.25) is 0 Å². The molecule has 0 unspecified atom stereocenters. The second-order valence-corrected chi connectivity index (χ2v) is 10.7. The van der Waals surface area contributed by atoms with E-state index in [4.69, 9.17) is 4.74 Å². The number of fused-ring (bicyclic) bond motifs is 3. The van der Waals surface area contributed by atoms with Gasteiger partial charge in [0.05, 0.1) is 22.9 Å². The Morgan fingerprint density at radius 1 is 1.21 bits per heavy atom. The van der Waals surface area contributed by atoms with Crippen LogP contribution in [0.25, 0.3) is 10.2 Å². The van der Waals surface area contributed by atoms with E-state index < -0.39 is 5.54 Å². The van der Waals surface area contributed by atoms with Gasteiger partial charge in [0.2, 0.25) is 5.91 Å². The lowest BCUT2D eigenvalue weighted by Gasteiger charge is -2.44. The maximum absolute atomic E-state index is 13.8. The fourth-order valence-corrected chi connectivity index (χ4v) is 5.88. The summed E-state index contributed by atoms with van der Waals surface area (Å²) in [6.07, 6.45) is 4.41. The van der Waals surface area contributed by atoms with Gasteiger partial charge in [-0.3, -0.25) is 9.59 Å². The molecule has 5 rings (SSSR count). The van der Waals surface area contributed by atoms with Crippen molar-refractivity contribution in [1.82, 2.24) is 14.8 Å². The number of benzene rings is 1. The quantitative estimate of drug-likeness (QED) is 0.559. The van der Waals surface area contributed by atoms with E-state index >= 15 is 0 Å². The lowest BCUT2D eigenvalue weighted by atomic mass is 9.93. The van der Waals surface area contributed by atoms with E-state index in [1.807, 2.05) is 67.1 Å². The molecule has 2 amide bonds. The van der Waals surface area contributed by atoms with Crippen molar-refractivity contribution in [2.75, 3.05) is 0 Å². The molecule has 7 heteroatoms. The highest BCUT2D eigenvalue weighted by atomic mass is 32.1. The van der Waals surface area contributed by atoms with Crippen LogP contribution < -0.4 is 10.1 Å². The first-order valence-electron chi connectivity index (χ1n) is 11.8. The van der Waals surface area contributed by atoms with E-state index in [2.05, 4.69) is 5.32 Å². The molecule has 1 aliphatic heterocycles. The van der Waals surface area contributed by atoms with Gasteiger partial charge in [0.15, 0.2) is 0 Å². The second-order valence-electron chi connectivity index (χ2n) is 9.72. The Kier molecular flexibility index (Phi) is 5.69. The molecule has 1 aromatic carbocycles. The van der Waals surface area contributed by atoms with Gasteiger partial charge in [0.25, 0.3) is 5.91 Å². The van der Waals surface area contributed by atoms with Crippen LogP contribution in [0.3, 0.4) is 0 Å². The molecule has 2 aromatic heterocycles. The van der Waals surface area contributed by atoms with Crippen molar-refractivity contribution in [2.45, 2.75) is 77.2 Å². The molecular weight excluding hydrogens is 434 g/mol. The van der Waals surface area contributed by atoms with Gasteiger partial charge in [-0.2, -0.15) is 0 Å². The maximum Gasteiger partial charge on any atom is 0.271 e. The number of carbonyl (C=O) groups excluding carboxylic acids is 2. The number of carbonyl (C=O) groups is 2. The van der Waals surface area contributed by atoms with Gasteiger partial charge >= 0.3 is 0 Å². The topological polar surface area (TPSA) is 63.6 Å². The molecule has 1 N–H and O–H groups in total. The highest BCUT2D eigenvalue weighted by Crippen LogP contribution is 2.35. The molecule has 33 heavy (non-hydrogen) atoms. The summed E-state index contributed by atoms with van der Waals surface area (Å²) in [5, 5.41) is 5.29. The van der Waals surface area contributed by atoms with Gasteiger partial charge < -0.3 is 19.5 Å². The van der Waals surface area contributed by atoms with Crippen LogP contribution in [0.15, 0.2) is 41.8 Å². The van der Waals surface area contributed by atoms with Crippen molar-refractivity contribution in [3.05, 3.63) is 53.0 Å². The van der Waals surface area contributed by atoms with Crippen molar-refractivity contribution in [3.63, 3.8) is 0 Å². The number of rotatable bonds is 6. The number of thiophene rings is 1. The molecule has 174 valence electrons. The van der Waals surface area contributed by atoms with E-state index in [1.54, 1.807) is 16.2 Å². The van der Waals surface area contributed by atoms with Crippen molar-refractivity contribution in [1.29, 1.82) is 0 Å². The van der Waals surface area contributed by atoms with Crippen LogP contribution in [-0.2, 0) is 17.9 Å². The van der Waals surface area contributed by atoms with Gasteiger partial charge in [-0.15, -0.1) is 11.3 Å². The van der Waals surface area contributed by atoms with Crippen LogP contribution >= 0.6 is 11.3 Å². The van der Waals surface area contributed by atoms with Crippen molar-refractivity contribution < 1.29 is 14.3 Å².